The minimum absolute atomic E-state index is 0.0399. The van der Waals surface area contributed by atoms with Gasteiger partial charge in [0.1, 0.15) is 10.8 Å². The Hall–Kier alpha value is -2.58. The number of halogens is 2. The molecule has 0 spiro atoms. The van der Waals surface area contributed by atoms with E-state index in [1.165, 1.54) is 6.07 Å². The molecule has 0 atom stereocenters. The van der Waals surface area contributed by atoms with Crippen LogP contribution in [0.5, 0.6) is 0 Å². The summed E-state index contributed by atoms with van der Waals surface area (Å²) >= 11 is 11.0. The average Bonchev–Trinajstić information content (AvgIpc) is 3.13. The highest BCUT2D eigenvalue weighted by Gasteiger charge is 2.12. The summed E-state index contributed by atoms with van der Waals surface area (Å²) in [6.07, 6.45) is 0.912. The van der Waals surface area contributed by atoms with Crippen LogP contribution in [0.15, 0.2) is 37.8 Å². The number of amides is 1. The fourth-order valence-corrected chi connectivity index (χ4v) is 2.11. The van der Waals surface area contributed by atoms with Crippen LogP contribution in [0.4, 0.5) is 0 Å². The summed E-state index contributed by atoms with van der Waals surface area (Å²) in [6, 6.07) is 5.08. The Morgan fingerprint density at radius 1 is 1.40 bits per heavy atom. The lowest BCUT2D eigenvalue weighted by Gasteiger charge is -2.01. The minimum Gasteiger partial charge on any atom is -0.477 e. The van der Waals surface area contributed by atoms with E-state index < -0.39 is 16.9 Å². The van der Waals surface area contributed by atoms with Gasteiger partial charge in [-0.3, -0.25) is 9.48 Å². The summed E-state index contributed by atoms with van der Waals surface area (Å²) in [5.74, 6) is -1.43. The zero-order valence-electron chi connectivity index (χ0n) is 13.3. The van der Waals surface area contributed by atoms with Crippen LogP contribution in [0.3, 0.4) is 0 Å². The van der Waals surface area contributed by atoms with Crippen molar-refractivity contribution in [3.8, 4) is 0 Å². The third-order valence-electron chi connectivity index (χ3n) is 3.04. The maximum absolute atomic E-state index is 11.9. The molecule has 0 radical (unpaired) electrons. The van der Waals surface area contributed by atoms with Gasteiger partial charge in [-0.15, -0.1) is 0 Å². The van der Waals surface area contributed by atoms with Crippen LogP contribution in [0.2, 0.25) is 0 Å². The molecule has 2 aromatic heterocycles. The number of carbonyl (C=O) groups is 2. The lowest BCUT2D eigenvalue weighted by molar-refractivity contribution is -0.131. The Morgan fingerprint density at radius 2 is 2.12 bits per heavy atom. The summed E-state index contributed by atoms with van der Waals surface area (Å²) in [4.78, 5) is 22.5. The highest BCUT2D eigenvalue weighted by Crippen LogP contribution is 2.13. The van der Waals surface area contributed by atoms with Gasteiger partial charge in [-0.05, 0) is 32.0 Å². The van der Waals surface area contributed by atoms with Gasteiger partial charge in [-0.1, -0.05) is 23.2 Å². The number of hydrogen-bond acceptors (Lipinski definition) is 5. The molecule has 0 bridgehead atoms. The number of nitrogens with zero attached hydrogens (tertiary/aromatic N) is 3. The highest BCUT2D eigenvalue weighted by molar-refractivity contribution is 6.51. The Bertz CT molecular complexity index is 867. The van der Waals surface area contributed by atoms with Crippen LogP contribution in [0, 0.1) is 13.8 Å². The number of carbonyl (C=O) groups excluding carboxylic acids is 1. The maximum atomic E-state index is 11.9. The van der Waals surface area contributed by atoms with Crippen LogP contribution in [-0.2, 0) is 11.3 Å². The van der Waals surface area contributed by atoms with Gasteiger partial charge in [0.05, 0.1) is 23.5 Å². The first-order valence-electron chi connectivity index (χ1n) is 6.99. The molecule has 2 N–H and O–H groups in total. The van der Waals surface area contributed by atoms with Gasteiger partial charge in [0.25, 0.3) is 0 Å². The smallest absolute Gasteiger partial charge is 0.348 e. The van der Waals surface area contributed by atoms with Crippen LogP contribution < -0.4 is 5.43 Å². The number of allylic oxidation sites excluding steroid dienone is 1. The molecule has 0 unspecified atom stereocenters. The van der Waals surface area contributed by atoms with Crippen molar-refractivity contribution in [1.82, 2.24) is 15.2 Å². The fourth-order valence-electron chi connectivity index (χ4n) is 1.93. The van der Waals surface area contributed by atoms with Crippen LogP contribution in [0.1, 0.15) is 27.7 Å². The molecular formula is C15H14Cl2N4O4. The lowest BCUT2D eigenvalue weighted by atomic mass is 10.4. The predicted molar refractivity (Wildman–Crippen MR) is 91.8 cm³/mol. The number of nitrogens with one attached hydrogen (secondary N) is 1. The third-order valence-corrected chi connectivity index (χ3v) is 3.78. The fraction of sp³-hybridized carbons (Fsp3) is 0.200. The number of hydrazone groups is 1. The molecule has 0 aliphatic heterocycles. The number of carboxylic acids is 1. The van der Waals surface area contributed by atoms with Crippen LogP contribution in [-0.4, -0.2) is 33.0 Å². The van der Waals surface area contributed by atoms with E-state index in [0.717, 1.165) is 17.6 Å². The zero-order chi connectivity index (χ0) is 18.6. The summed E-state index contributed by atoms with van der Waals surface area (Å²) in [7, 11) is 0. The predicted octanol–water partition coefficient (Wildman–Crippen LogP) is 2.63. The van der Waals surface area contributed by atoms with E-state index in [1.807, 2.05) is 19.9 Å². The first kappa shape index (κ1) is 18.8. The largest absolute Gasteiger partial charge is 0.477 e. The topological polar surface area (TPSA) is 110 Å². The number of rotatable bonds is 6. The van der Waals surface area contributed by atoms with Crippen molar-refractivity contribution in [2.45, 2.75) is 20.4 Å². The van der Waals surface area contributed by atoms with Crippen LogP contribution >= 0.6 is 23.2 Å². The van der Waals surface area contributed by atoms with Gasteiger partial charge in [0, 0.05) is 5.69 Å². The molecule has 25 heavy (non-hydrogen) atoms. The Kier molecular flexibility index (Phi) is 6.00. The average molecular weight is 385 g/mol. The summed E-state index contributed by atoms with van der Waals surface area (Å²) in [5, 5.41) is 15.5. The minimum atomic E-state index is -1.40. The molecule has 0 saturated carbocycles. The molecule has 2 heterocycles. The van der Waals surface area contributed by atoms with E-state index in [1.54, 1.807) is 10.7 Å². The number of aryl methyl sites for hydroxylation is 2. The summed E-state index contributed by atoms with van der Waals surface area (Å²) in [5.41, 5.74) is 4.02. The third kappa shape index (κ3) is 4.94. The van der Waals surface area contributed by atoms with E-state index in [9.17, 15) is 9.59 Å². The van der Waals surface area contributed by atoms with E-state index >= 15 is 0 Å². The van der Waals surface area contributed by atoms with Gasteiger partial charge in [-0.25, -0.2) is 10.2 Å². The lowest BCUT2D eigenvalue weighted by Crippen LogP contribution is -2.17. The summed E-state index contributed by atoms with van der Waals surface area (Å²) < 4.78 is 7.20. The number of aromatic nitrogens is 2. The zero-order valence-corrected chi connectivity index (χ0v) is 14.8. The standard InChI is InChI=1S/C15H14Cl2N4O4/c1-8-5-9(2)21(20-8)7-10-3-4-12(25-10)14(22)19-18-6-11(16)13(17)15(23)24/h3-6H,7H2,1-2H3,(H,19,22)(H,23,24)/b13-11+,18-6-. The van der Waals surface area contributed by atoms with Crippen molar-refractivity contribution >= 4 is 41.3 Å². The summed E-state index contributed by atoms with van der Waals surface area (Å²) in [6.45, 7) is 4.20. The maximum Gasteiger partial charge on any atom is 0.348 e. The first-order chi connectivity index (χ1) is 11.8. The quantitative estimate of drug-likeness (QED) is 0.451. The SMILES string of the molecule is Cc1cc(C)n(Cc2ccc(C(=O)N/N=C\C(Cl)=C(/Cl)C(=O)O)o2)n1. The van der Waals surface area contributed by atoms with Crippen LogP contribution in [0.25, 0.3) is 0 Å². The Morgan fingerprint density at radius 3 is 2.72 bits per heavy atom. The molecule has 0 fully saturated rings. The van der Waals surface area contributed by atoms with Gasteiger partial charge in [0.15, 0.2) is 5.76 Å². The Labute approximate surface area is 152 Å². The van der Waals surface area contributed by atoms with Crippen molar-refractivity contribution in [3.63, 3.8) is 0 Å². The second-order valence-electron chi connectivity index (χ2n) is 5.02. The number of furan rings is 1. The van der Waals surface area contributed by atoms with Gasteiger partial charge in [0.2, 0.25) is 0 Å². The normalized spacial score (nSPS) is 12.3. The van der Waals surface area contributed by atoms with E-state index in [0.29, 0.717) is 12.3 Å². The molecule has 8 nitrogen and oxygen atoms in total. The van der Waals surface area contributed by atoms with Crippen molar-refractivity contribution in [3.05, 3.63) is 51.2 Å². The molecule has 0 aromatic carbocycles. The number of hydrogen-bond donors (Lipinski definition) is 2. The van der Waals surface area contributed by atoms with E-state index in [4.69, 9.17) is 32.7 Å². The molecule has 132 valence electrons. The van der Waals surface area contributed by atoms with Crippen molar-refractivity contribution in [1.29, 1.82) is 0 Å². The van der Waals surface area contributed by atoms with E-state index in [-0.39, 0.29) is 10.8 Å². The molecular weight excluding hydrogens is 371 g/mol. The monoisotopic (exact) mass is 384 g/mol. The first-order valence-corrected chi connectivity index (χ1v) is 7.75. The van der Waals surface area contributed by atoms with Gasteiger partial charge in [-0.2, -0.15) is 10.2 Å². The van der Waals surface area contributed by atoms with Gasteiger partial charge < -0.3 is 9.52 Å². The molecule has 2 rings (SSSR count). The molecule has 10 heteroatoms. The van der Waals surface area contributed by atoms with Crippen molar-refractivity contribution in [2.75, 3.05) is 0 Å². The molecule has 0 aliphatic rings. The molecule has 0 aliphatic carbocycles. The van der Waals surface area contributed by atoms with Crippen molar-refractivity contribution in [2.24, 2.45) is 5.10 Å². The number of carboxylic acid groups (broad SMARTS) is 1. The van der Waals surface area contributed by atoms with E-state index in [2.05, 4.69) is 15.6 Å². The molecule has 0 saturated heterocycles. The molecule has 1 amide bonds. The van der Waals surface area contributed by atoms with Gasteiger partial charge >= 0.3 is 11.9 Å². The van der Waals surface area contributed by atoms with Crippen molar-refractivity contribution < 1.29 is 19.1 Å². The highest BCUT2D eigenvalue weighted by atomic mass is 35.5. The number of aliphatic carboxylic acids is 1. The second kappa shape index (κ2) is 8.00. The Balaban J connectivity index is 2.00. The molecule has 2 aromatic rings. The second-order valence-corrected chi connectivity index (χ2v) is 5.80.